The van der Waals surface area contributed by atoms with Gasteiger partial charge < -0.3 is 10.8 Å². The van der Waals surface area contributed by atoms with Crippen molar-refractivity contribution in [1.29, 1.82) is 0 Å². The van der Waals surface area contributed by atoms with E-state index < -0.39 is 17.8 Å². The molecule has 3 N–H and O–H groups in total. The van der Waals surface area contributed by atoms with Crippen LogP contribution in [0.25, 0.3) is 0 Å². The van der Waals surface area contributed by atoms with Crippen molar-refractivity contribution in [1.82, 2.24) is 0 Å². The molecular formula is C11H14F3NO. The van der Waals surface area contributed by atoms with Crippen molar-refractivity contribution < 1.29 is 18.3 Å². The maximum atomic E-state index is 12.4. The summed E-state index contributed by atoms with van der Waals surface area (Å²) < 4.78 is 37.1. The lowest BCUT2D eigenvalue weighted by molar-refractivity contribution is -0.137. The largest absolute Gasteiger partial charge is 0.416 e. The SMILES string of the molecule is Cc1cc(C(F)(F)F)ccc1[C@@H](O)CCN. The van der Waals surface area contributed by atoms with Crippen LogP contribution >= 0.6 is 0 Å². The van der Waals surface area contributed by atoms with Crippen molar-refractivity contribution in [3.63, 3.8) is 0 Å². The minimum atomic E-state index is -4.35. The van der Waals surface area contributed by atoms with E-state index in [0.29, 0.717) is 24.1 Å². The fourth-order valence-corrected chi connectivity index (χ4v) is 1.54. The van der Waals surface area contributed by atoms with Gasteiger partial charge in [-0.25, -0.2) is 0 Å². The summed E-state index contributed by atoms with van der Waals surface area (Å²) in [5.41, 5.74) is 5.50. The zero-order chi connectivity index (χ0) is 12.3. The molecule has 0 saturated carbocycles. The molecule has 2 nitrogen and oxygen atoms in total. The second kappa shape index (κ2) is 4.84. The monoisotopic (exact) mass is 233 g/mol. The molecule has 16 heavy (non-hydrogen) atoms. The van der Waals surface area contributed by atoms with Crippen LogP contribution in [0.4, 0.5) is 13.2 Å². The number of hydrogen-bond acceptors (Lipinski definition) is 2. The average molecular weight is 233 g/mol. The van der Waals surface area contributed by atoms with Gasteiger partial charge >= 0.3 is 6.18 Å². The molecule has 0 radical (unpaired) electrons. The lowest BCUT2D eigenvalue weighted by Gasteiger charge is -2.15. The van der Waals surface area contributed by atoms with Gasteiger partial charge in [-0.2, -0.15) is 13.2 Å². The smallest absolute Gasteiger partial charge is 0.388 e. The predicted octanol–water partition coefficient (Wildman–Crippen LogP) is 2.40. The standard InChI is InChI=1S/C11H14F3NO/c1-7-6-8(11(12,13)14)2-3-9(7)10(16)4-5-15/h2-3,6,10,16H,4-5,15H2,1H3/t10-/m0/s1. The lowest BCUT2D eigenvalue weighted by atomic mass is 9.99. The molecule has 1 rings (SSSR count). The van der Waals surface area contributed by atoms with Crippen molar-refractivity contribution in [2.75, 3.05) is 6.54 Å². The molecule has 0 spiro atoms. The van der Waals surface area contributed by atoms with Gasteiger partial charge in [0.25, 0.3) is 0 Å². The Morgan fingerprint density at radius 2 is 2.00 bits per heavy atom. The molecule has 0 heterocycles. The van der Waals surface area contributed by atoms with Gasteiger partial charge in [-0.3, -0.25) is 0 Å². The Kier molecular flexibility index (Phi) is 3.93. The van der Waals surface area contributed by atoms with Crippen molar-refractivity contribution in [2.24, 2.45) is 5.73 Å². The molecule has 0 aliphatic rings. The normalized spacial score (nSPS) is 13.9. The van der Waals surface area contributed by atoms with Gasteiger partial charge in [-0.15, -0.1) is 0 Å². The molecule has 90 valence electrons. The van der Waals surface area contributed by atoms with Crippen LogP contribution in [-0.4, -0.2) is 11.7 Å². The number of rotatable bonds is 3. The maximum absolute atomic E-state index is 12.4. The Morgan fingerprint density at radius 3 is 2.44 bits per heavy atom. The number of benzene rings is 1. The third-order valence-electron chi connectivity index (χ3n) is 2.40. The first-order valence-electron chi connectivity index (χ1n) is 4.92. The zero-order valence-corrected chi connectivity index (χ0v) is 8.88. The molecule has 1 aromatic rings. The number of aryl methyl sites for hydroxylation is 1. The zero-order valence-electron chi connectivity index (χ0n) is 8.88. The number of alkyl halides is 3. The molecular weight excluding hydrogens is 219 g/mol. The van der Waals surface area contributed by atoms with E-state index in [1.807, 2.05) is 0 Å². The molecule has 0 bridgehead atoms. The van der Waals surface area contributed by atoms with E-state index in [1.54, 1.807) is 6.92 Å². The molecule has 0 aliphatic heterocycles. The first kappa shape index (κ1) is 13.0. The highest BCUT2D eigenvalue weighted by Crippen LogP contribution is 2.31. The van der Waals surface area contributed by atoms with Crippen LogP contribution in [0.15, 0.2) is 18.2 Å². The summed E-state index contributed by atoms with van der Waals surface area (Å²) in [5, 5.41) is 9.63. The van der Waals surface area contributed by atoms with Crippen LogP contribution in [0.2, 0.25) is 0 Å². The Hall–Kier alpha value is -1.07. The second-order valence-corrected chi connectivity index (χ2v) is 3.66. The highest BCUT2D eigenvalue weighted by atomic mass is 19.4. The molecule has 1 aromatic carbocycles. The Morgan fingerprint density at radius 1 is 1.38 bits per heavy atom. The summed E-state index contributed by atoms with van der Waals surface area (Å²) in [7, 11) is 0. The average Bonchev–Trinajstić information content (AvgIpc) is 2.16. The Bertz CT molecular complexity index is 363. The number of halogens is 3. The lowest BCUT2D eigenvalue weighted by Crippen LogP contribution is -2.10. The molecule has 0 fully saturated rings. The van der Waals surface area contributed by atoms with E-state index in [9.17, 15) is 18.3 Å². The van der Waals surface area contributed by atoms with Gasteiger partial charge in [0.2, 0.25) is 0 Å². The van der Waals surface area contributed by atoms with E-state index in [1.165, 1.54) is 6.07 Å². The van der Waals surface area contributed by atoms with Crippen molar-refractivity contribution >= 4 is 0 Å². The van der Waals surface area contributed by atoms with Crippen LogP contribution < -0.4 is 5.73 Å². The van der Waals surface area contributed by atoms with E-state index in [2.05, 4.69) is 0 Å². The van der Waals surface area contributed by atoms with Crippen LogP contribution in [0.3, 0.4) is 0 Å². The maximum Gasteiger partial charge on any atom is 0.416 e. The van der Waals surface area contributed by atoms with E-state index in [4.69, 9.17) is 5.73 Å². The molecule has 0 saturated heterocycles. The van der Waals surface area contributed by atoms with Crippen LogP contribution in [0.5, 0.6) is 0 Å². The summed E-state index contributed by atoms with van der Waals surface area (Å²) in [5.74, 6) is 0. The first-order valence-corrected chi connectivity index (χ1v) is 4.92. The third kappa shape index (κ3) is 2.96. The highest BCUT2D eigenvalue weighted by Gasteiger charge is 2.30. The van der Waals surface area contributed by atoms with Crippen molar-refractivity contribution in [3.8, 4) is 0 Å². The van der Waals surface area contributed by atoms with Gasteiger partial charge in [0.15, 0.2) is 0 Å². The van der Waals surface area contributed by atoms with Gasteiger partial charge in [0, 0.05) is 0 Å². The number of aliphatic hydroxyl groups excluding tert-OH is 1. The summed E-state index contributed by atoms with van der Waals surface area (Å²) in [6, 6.07) is 3.32. The summed E-state index contributed by atoms with van der Waals surface area (Å²) in [6.45, 7) is 1.84. The number of hydrogen-bond donors (Lipinski definition) is 2. The molecule has 0 aliphatic carbocycles. The molecule has 1 atom stereocenters. The van der Waals surface area contributed by atoms with E-state index >= 15 is 0 Å². The minimum absolute atomic E-state index is 0.293. The second-order valence-electron chi connectivity index (χ2n) is 3.66. The highest BCUT2D eigenvalue weighted by molar-refractivity contribution is 5.33. The van der Waals surface area contributed by atoms with Gasteiger partial charge in [0.1, 0.15) is 0 Å². The summed E-state index contributed by atoms with van der Waals surface area (Å²) in [4.78, 5) is 0. The molecule has 5 heteroatoms. The predicted molar refractivity (Wildman–Crippen MR) is 54.8 cm³/mol. The van der Waals surface area contributed by atoms with Crippen molar-refractivity contribution in [3.05, 3.63) is 34.9 Å². The molecule has 0 amide bonds. The summed E-state index contributed by atoms with van der Waals surface area (Å²) in [6.07, 6.45) is -4.80. The Labute approximate surface area is 91.9 Å². The molecule has 0 aromatic heterocycles. The number of nitrogens with two attached hydrogens (primary N) is 1. The van der Waals surface area contributed by atoms with E-state index in [0.717, 1.165) is 12.1 Å². The quantitative estimate of drug-likeness (QED) is 0.842. The van der Waals surface area contributed by atoms with Gasteiger partial charge in [-0.1, -0.05) is 6.07 Å². The topological polar surface area (TPSA) is 46.2 Å². The minimum Gasteiger partial charge on any atom is -0.388 e. The molecule has 0 unspecified atom stereocenters. The van der Waals surface area contributed by atoms with Crippen LogP contribution in [0.1, 0.15) is 29.2 Å². The summed E-state index contributed by atoms with van der Waals surface area (Å²) >= 11 is 0. The van der Waals surface area contributed by atoms with Gasteiger partial charge in [0.05, 0.1) is 11.7 Å². The number of aliphatic hydroxyl groups is 1. The fourth-order valence-electron chi connectivity index (χ4n) is 1.54. The van der Waals surface area contributed by atoms with Gasteiger partial charge in [-0.05, 0) is 43.1 Å². The fraction of sp³-hybridized carbons (Fsp3) is 0.455. The van der Waals surface area contributed by atoms with E-state index in [-0.39, 0.29) is 0 Å². The first-order chi connectivity index (χ1) is 7.36. The van der Waals surface area contributed by atoms with Crippen LogP contribution in [0, 0.1) is 6.92 Å². The van der Waals surface area contributed by atoms with Crippen LogP contribution in [-0.2, 0) is 6.18 Å². The Balaban J connectivity index is 3.00. The van der Waals surface area contributed by atoms with Crippen molar-refractivity contribution in [2.45, 2.75) is 25.6 Å². The third-order valence-corrected chi connectivity index (χ3v) is 2.40.